The average molecular weight is 329 g/mol. The van der Waals surface area contributed by atoms with Crippen LogP contribution in [0.4, 0.5) is 9.18 Å². The molecule has 0 aliphatic heterocycles. The summed E-state index contributed by atoms with van der Waals surface area (Å²) in [5.41, 5.74) is 6.93. The molecule has 0 aliphatic rings. The first kappa shape index (κ1) is 17.5. The summed E-state index contributed by atoms with van der Waals surface area (Å²) in [5.74, 6) is -0.481. The smallest absolute Gasteiger partial charge is 0.312 e. The minimum Gasteiger partial charge on any atom is -0.356 e. The molecule has 6 heteroatoms. The third kappa shape index (κ3) is 5.72. The molecule has 24 heavy (non-hydrogen) atoms. The van der Waals surface area contributed by atoms with Crippen molar-refractivity contribution in [3.05, 3.63) is 71.5 Å². The van der Waals surface area contributed by atoms with Gasteiger partial charge in [-0.1, -0.05) is 42.5 Å². The van der Waals surface area contributed by atoms with Crippen LogP contribution < -0.4 is 16.4 Å². The number of nitrogens with two attached hydrogens (primary N) is 1. The van der Waals surface area contributed by atoms with Crippen molar-refractivity contribution in [3.63, 3.8) is 0 Å². The van der Waals surface area contributed by atoms with E-state index in [1.54, 1.807) is 12.1 Å². The van der Waals surface area contributed by atoms with E-state index < -0.39 is 12.1 Å². The van der Waals surface area contributed by atoms with Gasteiger partial charge in [-0.15, -0.1) is 0 Å². The van der Waals surface area contributed by atoms with Gasteiger partial charge in [0.1, 0.15) is 5.82 Å². The van der Waals surface area contributed by atoms with Crippen molar-refractivity contribution < 1.29 is 14.0 Å². The molecule has 5 nitrogen and oxygen atoms in total. The van der Waals surface area contributed by atoms with E-state index >= 15 is 0 Å². The molecule has 2 rings (SSSR count). The molecule has 1 atom stereocenters. The van der Waals surface area contributed by atoms with Gasteiger partial charge in [0, 0.05) is 6.54 Å². The normalized spacial score (nSPS) is 11.5. The zero-order valence-electron chi connectivity index (χ0n) is 13.2. The highest BCUT2D eigenvalue weighted by Gasteiger charge is 2.16. The number of amides is 3. The Bertz CT molecular complexity index is 674. The van der Waals surface area contributed by atoms with Crippen LogP contribution in [0.15, 0.2) is 54.6 Å². The van der Waals surface area contributed by atoms with E-state index in [0.29, 0.717) is 13.0 Å². The van der Waals surface area contributed by atoms with Crippen molar-refractivity contribution >= 4 is 11.9 Å². The van der Waals surface area contributed by atoms with Gasteiger partial charge in [-0.25, -0.2) is 9.18 Å². The largest absolute Gasteiger partial charge is 0.356 e. The number of hydrogen-bond acceptors (Lipinski definition) is 2. The number of halogens is 1. The summed E-state index contributed by atoms with van der Waals surface area (Å²) in [7, 11) is 0. The number of rotatable bonds is 7. The zero-order chi connectivity index (χ0) is 17.4. The molecule has 0 bridgehead atoms. The number of carbonyl (C=O) groups is 2. The van der Waals surface area contributed by atoms with Crippen molar-refractivity contribution in [2.24, 2.45) is 5.73 Å². The molecule has 3 amide bonds. The minimum absolute atomic E-state index is 0.0936. The van der Waals surface area contributed by atoms with Crippen LogP contribution >= 0.6 is 0 Å². The van der Waals surface area contributed by atoms with Gasteiger partial charge in [-0.3, -0.25) is 4.79 Å². The van der Waals surface area contributed by atoms with Gasteiger partial charge in [-0.05, 0) is 29.7 Å². The lowest BCUT2D eigenvalue weighted by atomic mass is 10.0. The van der Waals surface area contributed by atoms with Crippen LogP contribution in [0.25, 0.3) is 0 Å². The molecule has 0 unspecified atom stereocenters. The second-order valence-electron chi connectivity index (χ2n) is 5.40. The number of urea groups is 1. The molecule has 0 fully saturated rings. The molecule has 0 aromatic heterocycles. The standard InChI is InChI=1S/C18H20FN3O2/c19-15-8-6-13(7-9-15)10-11-21-17(23)12-16(22-18(20)24)14-4-2-1-3-5-14/h1-9,16H,10-12H2,(H,21,23)(H3,20,22,24)/t16-/m1/s1. The Morgan fingerprint density at radius 2 is 1.71 bits per heavy atom. The van der Waals surface area contributed by atoms with E-state index in [2.05, 4.69) is 10.6 Å². The van der Waals surface area contributed by atoms with Crippen molar-refractivity contribution in [2.45, 2.75) is 18.9 Å². The number of carbonyl (C=O) groups excluding carboxylic acids is 2. The molecule has 0 radical (unpaired) electrons. The highest BCUT2D eigenvalue weighted by molar-refractivity contribution is 5.78. The highest BCUT2D eigenvalue weighted by Crippen LogP contribution is 2.16. The molecule has 2 aromatic carbocycles. The lowest BCUT2D eigenvalue weighted by Crippen LogP contribution is -2.37. The molecule has 0 saturated carbocycles. The molecule has 0 heterocycles. The van der Waals surface area contributed by atoms with Crippen molar-refractivity contribution in [3.8, 4) is 0 Å². The van der Waals surface area contributed by atoms with E-state index in [4.69, 9.17) is 5.73 Å². The van der Waals surface area contributed by atoms with E-state index in [-0.39, 0.29) is 18.1 Å². The Morgan fingerprint density at radius 3 is 2.33 bits per heavy atom. The quantitative estimate of drug-likeness (QED) is 0.728. The second-order valence-corrected chi connectivity index (χ2v) is 5.40. The number of primary amides is 1. The highest BCUT2D eigenvalue weighted by atomic mass is 19.1. The average Bonchev–Trinajstić information content (AvgIpc) is 2.56. The Balaban J connectivity index is 1.86. The van der Waals surface area contributed by atoms with Crippen LogP contribution in [0, 0.1) is 5.82 Å². The summed E-state index contributed by atoms with van der Waals surface area (Å²) >= 11 is 0. The fourth-order valence-corrected chi connectivity index (χ4v) is 2.36. The van der Waals surface area contributed by atoms with Gasteiger partial charge in [-0.2, -0.15) is 0 Å². The van der Waals surface area contributed by atoms with Crippen LogP contribution in [0.3, 0.4) is 0 Å². The fraction of sp³-hybridized carbons (Fsp3) is 0.222. The van der Waals surface area contributed by atoms with E-state index in [0.717, 1.165) is 11.1 Å². The molecular formula is C18H20FN3O2. The zero-order valence-corrected chi connectivity index (χ0v) is 13.2. The van der Waals surface area contributed by atoms with Crippen molar-refractivity contribution in [1.29, 1.82) is 0 Å². The Kier molecular flexibility index (Phi) is 6.31. The lowest BCUT2D eigenvalue weighted by molar-refractivity contribution is -0.121. The topological polar surface area (TPSA) is 84.2 Å². The first-order valence-electron chi connectivity index (χ1n) is 7.66. The SMILES string of the molecule is NC(=O)N[C@H](CC(=O)NCCc1ccc(F)cc1)c1ccccc1. The maximum absolute atomic E-state index is 12.8. The first-order valence-corrected chi connectivity index (χ1v) is 7.66. The van der Waals surface area contributed by atoms with Gasteiger partial charge in [0.2, 0.25) is 5.91 Å². The van der Waals surface area contributed by atoms with Crippen LogP contribution in [-0.4, -0.2) is 18.5 Å². The van der Waals surface area contributed by atoms with E-state index in [9.17, 15) is 14.0 Å². The van der Waals surface area contributed by atoms with Crippen molar-refractivity contribution in [1.82, 2.24) is 10.6 Å². The molecule has 126 valence electrons. The molecule has 0 spiro atoms. The first-order chi connectivity index (χ1) is 11.5. The number of hydrogen-bond donors (Lipinski definition) is 3. The van der Waals surface area contributed by atoms with Crippen LogP contribution in [0.1, 0.15) is 23.6 Å². The van der Waals surface area contributed by atoms with Crippen LogP contribution in [0.5, 0.6) is 0 Å². The summed E-state index contributed by atoms with van der Waals surface area (Å²) < 4.78 is 12.8. The molecular weight excluding hydrogens is 309 g/mol. The Hall–Kier alpha value is -2.89. The van der Waals surface area contributed by atoms with Crippen LogP contribution in [-0.2, 0) is 11.2 Å². The maximum atomic E-state index is 12.8. The monoisotopic (exact) mass is 329 g/mol. The third-order valence-corrected chi connectivity index (χ3v) is 3.56. The predicted molar refractivity (Wildman–Crippen MR) is 89.6 cm³/mol. The molecule has 0 aliphatic carbocycles. The van der Waals surface area contributed by atoms with Gasteiger partial charge < -0.3 is 16.4 Å². The van der Waals surface area contributed by atoms with Crippen LogP contribution in [0.2, 0.25) is 0 Å². The summed E-state index contributed by atoms with van der Waals surface area (Å²) in [6.07, 6.45) is 0.696. The molecule has 2 aromatic rings. The number of nitrogens with one attached hydrogen (secondary N) is 2. The maximum Gasteiger partial charge on any atom is 0.312 e. The number of benzene rings is 2. The molecule has 0 saturated heterocycles. The summed E-state index contributed by atoms with van der Waals surface area (Å²) in [4.78, 5) is 23.2. The minimum atomic E-state index is -0.678. The predicted octanol–water partition coefficient (Wildman–Crippen LogP) is 2.28. The molecule has 4 N–H and O–H groups in total. The summed E-state index contributed by atoms with van der Waals surface area (Å²) in [5, 5.41) is 5.37. The lowest BCUT2D eigenvalue weighted by Gasteiger charge is -2.17. The van der Waals surface area contributed by atoms with E-state index in [1.807, 2.05) is 30.3 Å². The van der Waals surface area contributed by atoms with E-state index in [1.165, 1.54) is 12.1 Å². The summed E-state index contributed by atoms with van der Waals surface area (Å²) in [6, 6.07) is 14.2. The summed E-state index contributed by atoms with van der Waals surface area (Å²) in [6.45, 7) is 0.433. The fourth-order valence-electron chi connectivity index (χ4n) is 2.36. The Labute approximate surface area is 140 Å². The van der Waals surface area contributed by atoms with Gasteiger partial charge in [0.05, 0.1) is 12.5 Å². The third-order valence-electron chi connectivity index (χ3n) is 3.56. The van der Waals surface area contributed by atoms with Gasteiger partial charge in [0.15, 0.2) is 0 Å². The second kappa shape index (κ2) is 8.67. The van der Waals surface area contributed by atoms with Gasteiger partial charge >= 0.3 is 6.03 Å². The van der Waals surface area contributed by atoms with Crippen molar-refractivity contribution in [2.75, 3.05) is 6.54 Å². The Morgan fingerprint density at radius 1 is 1.04 bits per heavy atom. The van der Waals surface area contributed by atoms with Gasteiger partial charge in [0.25, 0.3) is 0 Å².